The number of carbonyl (C=O) groups excluding carboxylic acids is 1. The van der Waals surface area contributed by atoms with Crippen molar-refractivity contribution in [3.05, 3.63) is 12.2 Å². The first-order chi connectivity index (χ1) is 8.11. The van der Waals surface area contributed by atoms with Crippen LogP contribution in [0.5, 0.6) is 0 Å². The van der Waals surface area contributed by atoms with Crippen LogP contribution in [0.1, 0.15) is 19.3 Å². The summed E-state index contributed by atoms with van der Waals surface area (Å²) in [5.74, 6) is -0.625. The van der Waals surface area contributed by atoms with Gasteiger partial charge in [0.25, 0.3) is 0 Å². The molecule has 17 heavy (non-hydrogen) atoms. The summed E-state index contributed by atoms with van der Waals surface area (Å²) < 4.78 is 0. The van der Waals surface area contributed by atoms with Crippen molar-refractivity contribution in [1.82, 2.24) is 5.32 Å². The van der Waals surface area contributed by atoms with Crippen LogP contribution in [-0.2, 0) is 9.59 Å². The summed E-state index contributed by atoms with van der Waals surface area (Å²) in [7, 11) is 0. The molecule has 2 bridgehead atoms. The van der Waals surface area contributed by atoms with Gasteiger partial charge in [0.1, 0.15) is 6.04 Å². The molecule has 0 aliphatic heterocycles. The molecule has 0 spiro atoms. The minimum Gasteiger partial charge on any atom is -0.480 e. The molecule has 2 aliphatic carbocycles. The van der Waals surface area contributed by atoms with Crippen LogP contribution in [0.25, 0.3) is 0 Å². The predicted molar refractivity (Wildman–Crippen MR) is 60.1 cm³/mol. The highest BCUT2D eigenvalue weighted by atomic mass is 16.4. The highest BCUT2D eigenvalue weighted by Gasteiger charge is 2.40. The Morgan fingerprint density at radius 2 is 2.12 bits per heavy atom. The Morgan fingerprint density at radius 3 is 2.59 bits per heavy atom. The zero-order chi connectivity index (χ0) is 12.4. The molecule has 5 heteroatoms. The van der Waals surface area contributed by atoms with E-state index in [0.29, 0.717) is 5.92 Å². The molecule has 4 atom stereocenters. The van der Waals surface area contributed by atoms with Gasteiger partial charge in [-0.1, -0.05) is 12.2 Å². The van der Waals surface area contributed by atoms with Gasteiger partial charge in [0, 0.05) is 18.9 Å². The monoisotopic (exact) mass is 239 g/mol. The van der Waals surface area contributed by atoms with Gasteiger partial charge in [-0.2, -0.15) is 0 Å². The summed E-state index contributed by atoms with van der Waals surface area (Å²) in [6.45, 7) is -0.242. The summed E-state index contributed by atoms with van der Waals surface area (Å²) in [5.41, 5.74) is 0. The topological polar surface area (TPSA) is 86.6 Å². The highest BCUT2D eigenvalue weighted by molar-refractivity contribution is 5.85. The van der Waals surface area contributed by atoms with Crippen molar-refractivity contribution < 1.29 is 19.8 Å². The van der Waals surface area contributed by atoms with Crippen molar-refractivity contribution in [2.24, 2.45) is 17.8 Å². The molecule has 1 fully saturated rings. The summed E-state index contributed by atoms with van der Waals surface area (Å²) in [5, 5.41) is 20.1. The number of rotatable bonds is 5. The standard InChI is InChI=1S/C12H17NO4/c14-4-3-10(12(16)17)13-11(15)9-6-7-1-2-8(9)5-7/h1-2,7-10,14H,3-6H2,(H,13,15)(H,16,17)/t7?,8?,9?,10-/m0/s1. The number of aliphatic hydroxyl groups is 1. The molecule has 0 aromatic heterocycles. The Morgan fingerprint density at radius 1 is 1.35 bits per heavy atom. The van der Waals surface area contributed by atoms with E-state index in [-0.39, 0.29) is 30.8 Å². The van der Waals surface area contributed by atoms with Crippen LogP contribution < -0.4 is 5.32 Å². The van der Waals surface area contributed by atoms with Gasteiger partial charge >= 0.3 is 5.97 Å². The number of aliphatic carboxylic acids is 1. The molecule has 0 radical (unpaired) electrons. The lowest BCUT2D eigenvalue weighted by atomic mass is 9.92. The fraction of sp³-hybridized carbons (Fsp3) is 0.667. The minimum absolute atomic E-state index is 0.0533. The Labute approximate surface area is 99.5 Å². The molecule has 1 amide bonds. The molecular weight excluding hydrogens is 222 g/mol. The zero-order valence-corrected chi connectivity index (χ0v) is 9.50. The average Bonchev–Trinajstić information content (AvgIpc) is 2.89. The number of nitrogens with one attached hydrogen (secondary N) is 1. The molecule has 0 saturated heterocycles. The van der Waals surface area contributed by atoms with Gasteiger partial charge in [-0.05, 0) is 24.7 Å². The second-order valence-electron chi connectivity index (χ2n) is 4.80. The van der Waals surface area contributed by atoms with Crippen molar-refractivity contribution in [2.75, 3.05) is 6.61 Å². The molecule has 2 aliphatic rings. The van der Waals surface area contributed by atoms with Crippen LogP contribution in [0.2, 0.25) is 0 Å². The van der Waals surface area contributed by atoms with Crippen molar-refractivity contribution in [1.29, 1.82) is 0 Å². The summed E-state index contributed by atoms with van der Waals surface area (Å²) in [4.78, 5) is 22.8. The van der Waals surface area contributed by atoms with Gasteiger partial charge in [0.05, 0.1) is 0 Å². The van der Waals surface area contributed by atoms with E-state index in [2.05, 4.69) is 17.5 Å². The highest BCUT2D eigenvalue weighted by Crippen LogP contribution is 2.43. The number of fused-ring (bicyclic) bond motifs is 2. The summed E-state index contributed by atoms with van der Waals surface area (Å²) in [6, 6.07) is -0.976. The van der Waals surface area contributed by atoms with E-state index < -0.39 is 12.0 Å². The van der Waals surface area contributed by atoms with Crippen molar-refractivity contribution in [2.45, 2.75) is 25.3 Å². The van der Waals surface area contributed by atoms with Crippen molar-refractivity contribution >= 4 is 11.9 Å². The second-order valence-corrected chi connectivity index (χ2v) is 4.80. The maximum atomic E-state index is 11.9. The number of aliphatic hydroxyl groups excluding tert-OH is 1. The molecule has 94 valence electrons. The maximum Gasteiger partial charge on any atom is 0.326 e. The molecule has 1 saturated carbocycles. The number of hydrogen-bond donors (Lipinski definition) is 3. The third kappa shape index (κ3) is 2.49. The van der Waals surface area contributed by atoms with E-state index in [9.17, 15) is 9.59 Å². The minimum atomic E-state index is -1.09. The molecule has 0 aromatic carbocycles. The molecule has 2 rings (SSSR count). The van der Waals surface area contributed by atoms with Gasteiger partial charge in [-0.15, -0.1) is 0 Å². The quantitative estimate of drug-likeness (QED) is 0.596. The van der Waals surface area contributed by atoms with E-state index in [1.165, 1.54) is 0 Å². The molecule has 0 aromatic rings. The van der Waals surface area contributed by atoms with E-state index in [1.54, 1.807) is 0 Å². The molecule has 5 nitrogen and oxygen atoms in total. The Balaban J connectivity index is 1.92. The molecule has 3 N–H and O–H groups in total. The first kappa shape index (κ1) is 12.1. The maximum absolute atomic E-state index is 11.9. The van der Waals surface area contributed by atoms with Gasteiger partial charge < -0.3 is 15.5 Å². The molecule has 3 unspecified atom stereocenters. The van der Waals surface area contributed by atoms with Crippen LogP contribution in [0.4, 0.5) is 0 Å². The number of amides is 1. The van der Waals surface area contributed by atoms with Crippen LogP contribution >= 0.6 is 0 Å². The SMILES string of the molecule is O=C(N[C@@H](CCO)C(=O)O)C1CC2C=CC1C2. The number of carboxylic acid groups (broad SMARTS) is 1. The van der Waals surface area contributed by atoms with Crippen LogP contribution in [0, 0.1) is 17.8 Å². The summed E-state index contributed by atoms with van der Waals surface area (Å²) >= 11 is 0. The van der Waals surface area contributed by atoms with E-state index >= 15 is 0 Å². The average molecular weight is 239 g/mol. The van der Waals surface area contributed by atoms with Gasteiger partial charge in [-0.3, -0.25) is 4.79 Å². The van der Waals surface area contributed by atoms with Gasteiger partial charge in [-0.25, -0.2) is 4.79 Å². The lowest BCUT2D eigenvalue weighted by Crippen LogP contribution is -2.44. The third-order valence-electron chi connectivity index (χ3n) is 3.65. The first-order valence-corrected chi connectivity index (χ1v) is 5.94. The first-order valence-electron chi connectivity index (χ1n) is 5.94. The number of carbonyl (C=O) groups is 2. The fourth-order valence-corrected chi connectivity index (χ4v) is 2.75. The van der Waals surface area contributed by atoms with Crippen molar-refractivity contribution in [3.63, 3.8) is 0 Å². The second kappa shape index (κ2) is 4.87. The predicted octanol–water partition coefficient (Wildman–Crippen LogP) is 0.150. The van der Waals surface area contributed by atoms with E-state index in [4.69, 9.17) is 10.2 Å². The van der Waals surface area contributed by atoms with E-state index in [1.807, 2.05) is 0 Å². The van der Waals surface area contributed by atoms with Crippen molar-refractivity contribution in [3.8, 4) is 0 Å². The molecule has 0 heterocycles. The fourth-order valence-electron chi connectivity index (χ4n) is 2.75. The largest absolute Gasteiger partial charge is 0.480 e. The van der Waals surface area contributed by atoms with Gasteiger partial charge in [0.2, 0.25) is 5.91 Å². The lowest BCUT2D eigenvalue weighted by molar-refractivity contribution is -0.143. The Hall–Kier alpha value is -1.36. The molecular formula is C12H17NO4. The van der Waals surface area contributed by atoms with Crippen LogP contribution in [-0.4, -0.2) is 34.7 Å². The number of carboxylic acids is 1. The lowest BCUT2D eigenvalue weighted by Gasteiger charge is -2.20. The smallest absolute Gasteiger partial charge is 0.326 e. The van der Waals surface area contributed by atoms with E-state index in [0.717, 1.165) is 12.8 Å². The summed E-state index contributed by atoms with van der Waals surface area (Å²) in [6.07, 6.45) is 6.07. The number of allylic oxidation sites excluding steroid dienone is 2. The third-order valence-corrected chi connectivity index (χ3v) is 3.65. The normalized spacial score (nSPS) is 31.5. The van der Waals surface area contributed by atoms with Crippen LogP contribution in [0.15, 0.2) is 12.2 Å². The van der Waals surface area contributed by atoms with Crippen LogP contribution in [0.3, 0.4) is 0 Å². The number of hydrogen-bond acceptors (Lipinski definition) is 3. The zero-order valence-electron chi connectivity index (χ0n) is 9.50. The Kier molecular flexibility index (Phi) is 3.47. The van der Waals surface area contributed by atoms with Gasteiger partial charge in [0.15, 0.2) is 0 Å². The Bertz CT molecular complexity index is 352.